The van der Waals surface area contributed by atoms with Crippen molar-refractivity contribution in [3.05, 3.63) is 35.9 Å². The summed E-state index contributed by atoms with van der Waals surface area (Å²) in [5.74, 6) is -0.333. The normalized spacial score (nSPS) is 16.0. The van der Waals surface area contributed by atoms with E-state index in [4.69, 9.17) is 9.47 Å². The molecule has 1 aromatic rings. The van der Waals surface area contributed by atoms with Gasteiger partial charge in [-0.25, -0.2) is 4.79 Å². The number of amides is 1. The number of ether oxygens (including phenoxy) is 2. The molecule has 1 aromatic carbocycles. The number of carbonyl (C=O) groups excluding carboxylic acids is 3. The molecule has 0 saturated heterocycles. The molecule has 160 valence electrons. The molecule has 0 heterocycles. The zero-order chi connectivity index (χ0) is 21.3. The first-order valence-corrected chi connectivity index (χ1v) is 10.4. The fourth-order valence-corrected chi connectivity index (χ4v) is 3.48. The molecule has 1 saturated carbocycles. The molecule has 2 rings (SSSR count). The zero-order valence-electron chi connectivity index (χ0n) is 17.7. The minimum Gasteiger partial charge on any atom is -0.461 e. The van der Waals surface area contributed by atoms with Gasteiger partial charge >= 0.3 is 12.1 Å². The molecule has 0 aliphatic heterocycles. The molecule has 0 bridgehead atoms. The van der Waals surface area contributed by atoms with Gasteiger partial charge in [0.25, 0.3) is 0 Å². The van der Waals surface area contributed by atoms with Crippen LogP contribution in [0.2, 0.25) is 0 Å². The maximum absolute atomic E-state index is 12.7. The molecule has 1 fully saturated rings. The number of hydrogen-bond donors (Lipinski definition) is 1. The van der Waals surface area contributed by atoms with Gasteiger partial charge in [0, 0.05) is 18.4 Å². The summed E-state index contributed by atoms with van der Waals surface area (Å²) in [6.45, 7) is 5.46. The largest absolute Gasteiger partial charge is 0.461 e. The zero-order valence-corrected chi connectivity index (χ0v) is 17.7. The molecular weight excluding hydrogens is 370 g/mol. The second-order valence-corrected chi connectivity index (χ2v) is 8.70. The first-order chi connectivity index (χ1) is 13.7. The molecule has 1 atom stereocenters. The van der Waals surface area contributed by atoms with Crippen molar-refractivity contribution < 1.29 is 23.9 Å². The summed E-state index contributed by atoms with van der Waals surface area (Å²) < 4.78 is 10.6. The van der Waals surface area contributed by atoms with Crippen molar-refractivity contribution in [1.82, 2.24) is 5.32 Å². The molecule has 1 aliphatic carbocycles. The van der Waals surface area contributed by atoms with Crippen LogP contribution in [-0.4, -0.2) is 29.5 Å². The fraction of sp³-hybridized carbons (Fsp3) is 0.609. The lowest BCUT2D eigenvalue weighted by Gasteiger charge is -2.25. The lowest BCUT2D eigenvalue weighted by Crippen LogP contribution is -2.42. The second-order valence-electron chi connectivity index (χ2n) is 8.70. The van der Waals surface area contributed by atoms with Crippen LogP contribution in [0, 0.1) is 5.92 Å². The van der Waals surface area contributed by atoms with Crippen LogP contribution in [0.5, 0.6) is 0 Å². The van der Waals surface area contributed by atoms with Crippen LogP contribution in [0.3, 0.4) is 0 Å². The maximum Gasteiger partial charge on any atom is 0.407 e. The summed E-state index contributed by atoms with van der Waals surface area (Å²) in [4.78, 5) is 37.2. The summed E-state index contributed by atoms with van der Waals surface area (Å²) in [7, 11) is 0. The van der Waals surface area contributed by atoms with Gasteiger partial charge in [-0.1, -0.05) is 49.6 Å². The van der Waals surface area contributed by atoms with E-state index in [-0.39, 0.29) is 31.1 Å². The number of rotatable bonds is 8. The Bertz CT molecular complexity index is 674. The Labute approximate surface area is 173 Å². The molecule has 0 radical (unpaired) electrons. The topological polar surface area (TPSA) is 81.7 Å². The third kappa shape index (κ3) is 9.11. The van der Waals surface area contributed by atoms with Crippen molar-refractivity contribution in [2.75, 3.05) is 0 Å². The molecule has 6 heteroatoms. The summed E-state index contributed by atoms with van der Waals surface area (Å²) in [6.07, 6.45) is 4.46. The number of carbonyl (C=O) groups is 3. The highest BCUT2D eigenvalue weighted by molar-refractivity contribution is 5.83. The van der Waals surface area contributed by atoms with E-state index < -0.39 is 23.7 Å². The average molecular weight is 404 g/mol. The number of esters is 1. The Balaban J connectivity index is 1.93. The van der Waals surface area contributed by atoms with Crippen LogP contribution in [0.25, 0.3) is 0 Å². The molecule has 0 aromatic heterocycles. The van der Waals surface area contributed by atoms with Gasteiger partial charge < -0.3 is 14.8 Å². The predicted molar refractivity (Wildman–Crippen MR) is 110 cm³/mol. The molecule has 0 unspecified atom stereocenters. The van der Waals surface area contributed by atoms with E-state index >= 15 is 0 Å². The van der Waals surface area contributed by atoms with Crippen molar-refractivity contribution in [3.63, 3.8) is 0 Å². The van der Waals surface area contributed by atoms with Crippen LogP contribution in [-0.2, 0) is 25.7 Å². The first kappa shape index (κ1) is 22.9. The maximum atomic E-state index is 12.7. The molecule has 29 heavy (non-hydrogen) atoms. The lowest BCUT2D eigenvalue weighted by molar-refractivity contribution is -0.145. The minimum atomic E-state index is -0.657. The highest BCUT2D eigenvalue weighted by Gasteiger charge is 2.28. The van der Waals surface area contributed by atoms with Gasteiger partial charge in [0.1, 0.15) is 18.0 Å². The number of hydrogen-bond acceptors (Lipinski definition) is 5. The molecule has 0 spiro atoms. The van der Waals surface area contributed by atoms with E-state index in [0.29, 0.717) is 0 Å². The average Bonchev–Trinajstić information content (AvgIpc) is 2.66. The Morgan fingerprint density at radius 1 is 1.03 bits per heavy atom. The SMILES string of the molecule is CC(C)(C)OC(=O)N[C@H](CC(=O)OCc1ccccc1)CC(=O)C1CCCCC1. The van der Waals surface area contributed by atoms with Crippen molar-refractivity contribution >= 4 is 17.8 Å². The monoisotopic (exact) mass is 403 g/mol. The van der Waals surface area contributed by atoms with Crippen LogP contribution >= 0.6 is 0 Å². The van der Waals surface area contributed by atoms with Crippen molar-refractivity contribution in [2.24, 2.45) is 5.92 Å². The highest BCUT2D eigenvalue weighted by atomic mass is 16.6. The van der Waals surface area contributed by atoms with Gasteiger partial charge in [0.05, 0.1) is 6.42 Å². The van der Waals surface area contributed by atoms with Crippen LogP contribution in [0.15, 0.2) is 30.3 Å². The van der Waals surface area contributed by atoms with Crippen LogP contribution in [0.4, 0.5) is 4.79 Å². The third-order valence-corrected chi connectivity index (χ3v) is 4.88. The first-order valence-electron chi connectivity index (χ1n) is 10.4. The van der Waals surface area contributed by atoms with E-state index in [1.54, 1.807) is 20.8 Å². The smallest absolute Gasteiger partial charge is 0.407 e. The molecular formula is C23H33NO5. The van der Waals surface area contributed by atoms with Gasteiger partial charge in [0.2, 0.25) is 0 Å². The highest BCUT2D eigenvalue weighted by Crippen LogP contribution is 2.26. The molecule has 1 amide bonds. The Kier molecular flexibility index (Phi) is 8.68. The number of ketones is 1. The number of benzene rings is 1. The van der Waals surface area contributed by atoms with Gasteiger partial charge in [-0.15, -0.1) is 0 Å². The van der Waals surface area contributed by atoms with Gasteiger partial charge in [-0.2, -0.15) is 0 Å². The van der Waals surface area contributed by atoms with Crippen molar-refractivity contribution in [1.29, 1.82) is 0 Å². The van der Waals surface area contributed by atoms with Crippen molar-refractivity contribution in [3.8, 4) is 0 Å². The summed E-state index contributed by atoms with van der Waals surface area (Å²) in [6, 6.07) is 8.75. The molecule has 6 nitrogen and oxygen atoms in total. The number of Topliss-reactive ketones (excluding diaryl/α,β-unsaturated/α-hetero) is 1. The van der Waals surface area contributed by atoms with Crippen LogP contribution < -0.4 is 5.32 Å². The second kappa shape index (κ2) is 11.0. The standard InChI is InChI=1S/C23H33NO5/c1-23(2,3)29-22(27)24-19(14-20(25)18-12-8-5-9-13-18)15-21(26)28-16-17-10-6-4-7-11-17/h4,6-7,10-11,18-19H,5,8-9,12-16H2,1-3H3,(H,24,27)/t19-/m0/s1. The van der Waals surface area contributed by atoms with Crippen molar-refractivity contribution in [2.45, 2.75) is 84.0 Å². The fourth-order valence-electron chi connectivity index (χ4n) is 3.48. The number of nitrogens with one attached hydrogen (secondary N) is 1. The van der Waals surface area contributed by atoms with E-state index in [2.05, 4.69) is 5.32 Å². The quantitative estimate of drug-likeness (QED) is 0.644. The predicted octanol–water partition coefficient (Wildman–Crippen LogP) is 4.55. The third-order valence-electron chi connectivity index (χ3n) is 4.88. The Morgan fingerprint density at radius 2 is 1.69 bits per heavy atom. The minimum absolute atomic E-state index is 0.0204. The molecule has 1 N–H and O–H groups in total. The van der Waals surface area contributed by atoms with Gasteiger partial charge in [-0.3, -0.25) is 9.59 Å². The van der Waals surface area contributed by atoms with E-state index in [1.807, 2.05) is 30.3 Å². The summed E-state index contributed by atoms with van der Waals surface area (Å²) in [5, 5.41) is 2.69. The van der Waals surface area contributed by atoms with E-state index in [1.165, 1.54) is 0 Å². The summed E-state index contributed by atoms with van der Waals surface area (Å²) >= 11 is 0. The summed E-state index contributed by atoms with van der Waals surface area (Å²) in [5.41, 5.74) is 0.228. The lowest BCUT2D eigenvalue weighted by atomic mass is 9.84. The number of alkyl carbamates (subject to hydrolysis) is 1. The molecule has 1 aliphatic rings. The Hall–Kier alpha value is -2.37. The Morgan fingerprint density at radius 3 is 2.31 bits per heavy atom. The van der Waals surface area contributed by atoms with Crippen LogP contribution in [0.1, 0.15) is 71.3 Å². The van der Waals surface area contributed by atoms with E-state index in [0.717, 1.165) is 37.7 Å². The van der Waals surface area contributed by atoms with E-state index in [9.17, 15) is 14.4 Å². The van der Waals surface area contributed by atoms with Gasteiger partial charge in [-0.05, 0) is 39.2 Å². The van der Waals surface area contributed by atoms with Gasteiger partial charge in [0.15, 0.2) is 0 Å².